The number of carbonyl (C=O) groups excluding carboxylic acids is 1. The topological polar surface area (TPSA) is 53.6 Å². The third-order valence-electron chi connectivity index (χ3n) is 4.96. The van der Waals surface area contributed by atoms with E-state index in [4.69, 9.17) is 4.74 Å². The van der Waals surface area contributed by atoms with Gasteiger partial charge in [-0.3, -0.25) is 4.79 Å². The van der Waals surface area contributed by atoms with Crippen molar-refractivity contribution >= 4 is 5.91 Å². The summed E-state index contributed by atoms with van der Waals surface area (Å²) < 4.78 is 4.94. The van der Waals surface area contributed by atoms with Gasteiger partial charge in [0.1, 0.15) is 0 Å². The Morgan fingerprint density at radius 1 is 1.29 bits per heavy atom. The molecule has 1 aliphatic heterocycles. The Kier molecular flexibility index (Phi) is 6.45. The van der Waals surface area contributed by atoms with Crippen LogP contribution >= 0.6 is 0 Å². The molecule has 122 valence electrons. The predicted molar refractivity (Wildman–Crippen MR) is 84.2 cm³/mol. The van der Waals surface area contributed by atoms with Gasteiger partial charge in [0.25, 0.3) is 0 Å². The van der Waals surface area contributed by atoms with Gasteiger partial charge in [0.05, 0.1) is 13.2 Å². The first kappa shape index (κ1) is 16.7. The number of rotatable bonds is 7. The van der Waals surface area contributed by atoms with Crippen molar-refractivity contribution in [2.24, 2.45) is 11.8 Å². The van der Waals surface area contributed by atoms with Crippen LogP contribution in [0.4, 0.5) is 0 Å². The van der Waals surface area contributed by atoms with Crippen molar-refractivity contribution in [3.05, 3.63) is 0 Å². The fourth-order valence-electron chi connectivity index (χ4n) is 3.79. The molecule has 2 fully saturated rings. The summed E-state index contributed by atoms with van der Waals surface area (Å²) in [4.78, 5) is 14.4. The molecule has 0 radical (unpaired) electrons. The summed E-state index contributed by atoms with van der Waals surface area (Å²) in [5.41, 5.74) is 0. The van der Waals surface area contributed by atoms with E-state index in [-0.39, 0.29) is 5.91 Å². The minimum absolute atomic E-state index is 0.0800. The molecule has 21 heavy (non-hydrogen) atoms. The highest BCUT2D eigenvalue weighted by molar-refractivity contribution is 5.78. The summed E-state index contributed by atoms with van der Waals surface area (Å²) in [5.74, 6) is 1.48. The van der Waals surface area contributed by atoms with Crippen LogP contribution in [0.15, 0.2) is 0 Å². The highest BCUT2D eigenvalue weighted by Gasteiger charge is 2.39. The first-order valence-electron chi connectivity index (χ1n) is 8.35. The molecule has 0 aromatic rings. The SMILES string of the molecule is COCCNC(=O)CNC1C2CCCC1CN(C(C)C)C2. The number of nitrogens with one attached hydrogen (secondary N) is 2. The van der Waals surface area contributed by atoms with Crippen LogP contribution in [0.2, 0.25) is 0 Å². The molecule has 2 rings (SSSR count). The minimum Gasteiger partial charge on any atom is -0.383 e. The lowest BCUT2D eigenvalue weighted by atomic mass is 9.73. The number of piperidine rings is 1. The molecule has 1 saturated heterocycles. The molecule has 2 atom stereocenters. The van der Waals surface area contributed by atoms with Crippen molar-refractivity contribution in [1.82, 2.24) is 15.5 Å². The average Bonchev–Trinajstić information content (AvgIpc) is 2.44. The molecule has 1 aliphatic carbocycles. The number of nitrogens with zero attached hydrogens (tertiary/aromatic N) is 1. The van der Waals surface area contributed by atoms with Crippen molar-refractivity contribution in [1.29, 1.82) is 0 Å². The van der Waals surface area contributed by atoms with Crippen molar-refractivity contribution in [3.63, 3.8) is 0 Å². The Morgan fingerprint density at radius 3 is 2.52 bits per heavy atom. The molecule has 0 aromatic heterocycles. The van der Waals surface area contributed by atoms with Gasteiger partial charge in [-0.05, 0) is 38.5 Å². The van der Waals surface area contributed by atoms with Gasteiger partial charge in [-0.25, -0.2) is 0 Å². The third-order valence-corrected chi connectivity index (χ3v) is 4.96. The Bertz CT molecular complexity index is 321. The van der Waals surface area contributed by atoms with E-state index >= 15 is 0 Å². The van der Waals surface area contributed by atoms with Crippen LogP contribution in [0.3, 0.4) is 0 Å². The van der Waals surface area contributed by atoms with Gasteiger partial charge in [0.15, 0.2) is 0 Å². The van der Waals surface area contributed by atoms with Gasteiger partial charge in [-0.15, -0.1) is 0 Å². The molecule has 1 saturated carbocycles. The minimum atomic E-state index is 0.0800. The van der Waals surface area contributed by atoms with Gasteiger partial charge in [0, 0.05) is 38.8 Å². The largest absolute Gasteiger partial charge is 0.383 e. The van der Waals surface area contributed by atoms with E-state index in [0.29, 0.717) is 43.6 Å². The van der Waals surface area contributed by atoms with E-state index in [1.54, 1.807) is 7.11 Å². The first-order chi connectivity index (χ1) is 10.1. The summed E-state index contributed by atoms with van der Waals surface area (Å²) in [6, 6.07) is 1.15. The van der Waals surface area contributed by atoms with Gasteiger partial charge < -0.3 is 20.3 Å². The Balaban J connectivity index is 1.79. The summed E-state index contributed by atoms with van der Waals surface area (Å²) >= 11 is 0. The van der Waals surface area contributed by atoms with Gasteiger partial charge in [0.2, 0.25) is 5.91 Å². The molecule has 2 N–H and O–H groups in total. The van der Waals surface area contributed by atoms with Gasteiger partial charge in [-0.2, -0.15) is 0 Å². The zero-order valence-electron chi connectivity index (χ0n) is 13.7. The molecule has 2 bridgehead atoms. The van der Waals surface area contributed by atoms with Crippen LogP contribution < -0.4 is 10.6 Å². The van der Waals surface area contributed by atoms with Crippen LogP contribution in [0.25, 0.3) is 0 Å². The van der Waals surface area contributed by atoms with E-state index in [0.717, 1.165) is 0 Å². The van der Waals surface area contributed by atoms with Crippen molar-refractivity contribution in [2.75, 3.05) is 39.9 Å². The fourth-order valence-corrected chi connectivity index (χ4v) is 3.79. The fraction of sp³-hybridized carbons (Fsp3) is 0.938. The molecule has 0 spiro atoms. The van der Waals surface area contributed by atoms with Crippen LogP contribution in [0.5, 0.6) is 0 Å². The lowest BCUT2D eigenvalue weighted by Crippen LogP contribution is -2.59. The monoisotopic (exact) mass is 297 g/mol. The molecule has 1 heterocycles. The second-order valence-corrected chi connectivity index (χ2v) is 6.75. The molecular formula is C16H31N3O2. The molecule has 1 amide bonds. The molecule has 2 unspecified atom stereocenters. The second-order valence-electron chi connectivity index (χ2n) is 6.75. The number of likely N-dealkylation sites (tertiary alicyclic amines) is 1. The zero-order valence-corrected chi connectivity index (χ0v) is 13.7. The summed E-state index contributed by atoms with van der Waals surface area (Å²) in [5, 5.41) is 6.41. The van der Waals surface area contributed by atoms with Gasteiger partial charge in [-0.1, -0.05) is 6.42 Å². The molecular weight excluding hydrogens is 266 g/mol. The third kappa shape index (κ3) is 4.66. The smallest absolute Gasteiger partial charge is 0.234 e. The van der Waals surface area contributed by atoms with E-state index in [1.807, 2.05) is 0 Å². The summed E-state index contributed by atoms with van der Waals surface area (Å²) in [6.07, 6.45) is 3.94. The Labute approximate surface area is 128 Å². The maximum absolute atomic E-state index is 11.8. The lowest BCUT2D eigenvalue weighted by Gasteiger charge is -2.49. The zero-order chi connectivity index (χ0) is 15.2. The number of methoxy groups -OCH3 is 1. The van der Waals surface area contributed by atoms with E-state index in [1.165, 1.54) is 32.4 Å². The summed E-state index contributed by atoms with van der Waals surface area (Å²) in [6.45, 7) is 8.52. The van der Waals surface area contributed by atoms with Crippen molar-refractivity contribution in [3.8, 4) is 0 Å². The first-order valence-corrected chi connectivity index (χ1v) is 8.35. The van der Waals surface area contributed by atoms with Gasteiger partial charge >= 0.3 is 0 Å². The quantitative estimate of drug-likeness (QED) is 0.684. The maximum Gasteiger partial charge on any atom is 0.234 e. The van der Waals surface area contributed by atoms with Crippen molar-refractivity contribution < 1.29 is 9.53 Å². The second kappa shape index (κ2) is 8.11. The number of carbonyl (C=O) groups is 1. The molecule has 2 aliphatic rings. The van der Waals surface area contributed by atoms with E-state index < -0.39 is 0 Å². The van der Waals surface area contributed by atoms with Crippen LogP contribution in [0.1, 0.15) is 33.1 Å². The number of fused-ring (bicyclic) bond motifs is 2. The normalized spacial score (nSPS) is 29.6. The number of ether oxygens (including phenoxy) is 1. The Morgan fingerprint density at radius 2 is 1.95 bits per heavy atom. The highest BCUT2D eigenvalue weighted by atomic mass is 16.5. The van der Waals surface area contributed by atoms with Crippen LogP contribution in [0, 0.1) is 11.8 Å². The lowest BCUT2D eigenvalue weighted by molar-refractivity contribution is -0.120. The molecule has 0 aromatic carbocycles. The standard InChI is InChI=1S/C16H31N3O2/c1-12(2)19-10-13-5-4-6-14(11-19)16(13)18-9-15(20)17-7-8-21-3/h12-14,16,18H,4-11H2,1-3H3,(H,17,20). The van der Waals surface area contributed by atoms with E-state index in [9.17, 15) is 4.79 Å². The Hall–Kier alpha value is -0.650. The van der Waals surface area contributed by atoms with Crippen molar-refractivity contribution in [2.45, 2.75) is 45.2 Å². The highest BCUT2D eigenvalue weighted by Crippen LogP contribution is 2.35. The van der Waals surface area contributed by atoms with Crippen LogP contribution in [-0.4, -0.2) is 62.8 Å². The number of amides is 1. The average molecular weight is 297 g/mol. The predicted octanol–water partition coefficient (Wildman–Crippen LogP) is 0.848. The molecule has 5 heteroatoms. The van der Waals surface area contributed by atoms with E-state index in [2.05, 4.69) is 29.4 Å². The number of hydrogen-bond donors (Lipinski definition) is 2. The summed E-state index contributed by atoms with van der Waals surface area (Å²) in [7, 11) is 1.65. The number of hydrogen-bond acceptors (Lipinski definition) is 4. The van der Waals surface area contributed by atoms with Crippen LogP contribution in [-0.2, 0) is 9.53 Å². The maximum atomic E-state index is 11.8. The molecule has 5 nitrogen and oxygen atoms in total.